The van der Waals surface area contributed by atoms with Crippen LogP contribution in [-0.2, 0) is 4.79 Å². The molecule has 0 aliphatic heterocycles. The lowest BCUT2D eigenvalue weighted by Gasteiger charge is -2.09. The van der Waals surface area contributed by atoms with Crippen LogP contribution >= 0.6 is 0 Å². The van der Waals surface area contributed by atoms with Crippen molar-refractivity contribution in [1.29, 1.82) is 0 Å². The Bertz CT molecular complexity index is 923. The van der Waals surface area contributed by atoms with Crippen molar-refractivity contribution in [3.8, 4) is 11.5 Å². The first-order chi connectivity index (χ1) is 13.6. The Morgan fingerprint density at radius 1 is 0.750 bits per heavy atom. The van der Waals surface area contributed by atoms with Gasteiger partial charge in [0.25, 0.3) is 11.8 Å². The Balaban J connectivity index is 1.52. The number of anilines is 2. The fourth-order valence-corrected chi connectivity index (χ4v) is 2.45. The highest BCUT2D eigenvalue weighted by Gasteiger charge is 2.08. The van der Waals surface area contributed by atoms with Crippen LogP contribution in [0.3, 0.4) is 0 Å². The molecule has 6 heteroatoms. The lowest BCUT2D eigenvalue weighted by atomic mass is 10.2. The summed E-state index contributed by atoms with van der Waals surface area (Å²) in [6.07, 6.45) is 0. The predicted octanol–water partition coefficient (Wildman–Crippen LogP) is 3.97. The minimum absolute atomic E-state index is 0.0935. The molecule has 3 aromatic carbocycles. The van der Waals surface area contributed by atoms with Gasteiger partial charge in [-0.05, 0) is 60.7 Å². The molecular formula is C22H20N2O4. The van der Waals surface area contributed by atoms with Crippen molar-refractivity contribution < 1.29 is 19.1 Å². The SMILES string of the molecule is COc1ccc(NC(=O)c2ccc(NC(=O)COc3ccccc3)cc2)cc1. The van der Waals surface area contributed by atoms with Crippen molar-refractivity contribution in [3.63, 3.8) is 0 Å². The molecule has 28 heavy (non-hydrogen) atoms. The zero-order valence-electron chi connectivity index (χ0n) is 15.3. The van der Waals surface area contributed by atoms with Gasteiger partial charge in [-0.3, -0.25) is 9.59 Å². The highest BCUT2D eigenvalue weighted by atomic mass is 16.5. The molecule has 3 rings (SSSR count). The minimum atomic E-state index is -0.278. The molecule has 2 amide bonds. The van der Waals surface area contributed by atoms with Gasteiger partial charge in [0.05, 0.1) is 7.11 Å². The van der Waals surface area contributed by atoms with Crippen molar-refractivity contribution >= 4 is 23.2 Å². The molecule has 6 nitrogen and oxygen atoms in total. The summed E-state index contributed by atoms with van der Waals surface area (Å²) >= 11 is 0. The van der Waals surface area contributed by atoms with E-state index in [1.807, 2.05) is 18.2 Å². The molecular weight excluding hydrogens is 356 g/mol. The van der Waals surface area contributed by atoms with Gasteiger partial charge in [-0.1, -0.05) is 18.2 Å². The summed E-state index contributed by atoms with van der Waals surface area (Å²) in [5.74, 6) is 0.826. The van der Waals surface area contributed by atoms with Crippen LogP contribution in [0.4, 0.5) is 11.4 Å². The van der Waals surface area contributed by atoms with Gasteiger partial charge in [-0.2, -0.15) is 0 Å². The number of carbonyl (C=O) groups excluding carboxylic acids is 2. The van der Waals surface area contributed by atoms with Crippen LogP contribution in [0.15, 0.2) is 78.9 Å². The fraction of sp³-hybridized carbons (Fsp3) is 0.0909. The second-order valence-corrected chi connectivity index (χ2v) is 5.91. The van der Waals surface area contributed by atoms with Crippen LogP contribution in [0.5, 0.6) is 11.5 Å². The molecule has 3 aromatic rings. The van der Waals surface area contributed by atoms with E-state index in [-0.39, 0.29) is 18.4 Å². The van der Waals surface area contributed by atoms with Crippen LogP contribution in [0.1, 0.15) is 10.4 Å². The third-order valence-electron chi connectivity index (χ3n) is 3.89. The summed E-state index contributed by atoms with van der Waals surface area (Å²) in [6.45, 7) is -0.0935. The summed E-state index contributed by atoms with van der Waals surface area (Å²) in [5.41, 5.74) is 1.73. The number of carbonyl (C=O) groups is 2. The molecule has 0 saturated carbocycles. The Labute approximate surface area is 163 Å². The first-order valence-corrected chi connectivity index (χ1v) is 8.67. The van der Waals surface area contributed by atoms with E-state index in [4.69, 9.17) is 9.47 Å². The first kappa shape index (κ1) is 19.0. The van der Waals surface area contributed by atoms with Gasteiger partial charge >= 0.3 is 0 Å². The van der Waals surface area contributed by atoms with Crippen molar-refractivity contribution in [2.45, 2.75) is 0 Å². The van der Waals surface area contributed by atoms with Gasteiger partial charge in [0.15, 0.2) is 6.61 Å². The van der Waals surface area contributed by atoms with Crippen molar-refractivity contribution in [3.05, 3.63) is 84.4 Å². The van der Waals surface area contributed by atoms with E-state index in [1.165, 1.54) is 0 Å². The Morgan fingerprint density at radius 2 is 1.36 bits per heavy atom. The maximum atomic E-state index is 12.3. The third kappa shape index (κ3) is 5.35. The number of benzene rings is 3. The lowest BCUT2D eigenvalue weighted by Crippen LogP contribution is -2.20. The summed E-state index contributed by atoms with van der Waals surface area (Å²) in [4.78, 5) is 24.3. The molecule has 0 aliphatic rings. The monoisotopic (exact) mass is 376 g/mol. The molecule has 2 N–H and O–H groups in total. The Hall–Kier alpha value is -3.80. The average molecular weight is 376 g/mol. The number of para-hydroxylation sites is 1. The molecule has 0 unspecified atom stereocenters. The van der Waals surface area contributed by atoms with Gasteiger partial charge in [-0.25, -0.2) is 0 Å². The number of rotatable bonds is 7. The zero-order valence-corrected chi connectivity index (χ0v) is 15.3. The third-order valence-corrected chi connectivity index (χ3v) is 3.89. The standard InChI is InChI=1S/C22H20N2O4/c1-27-19-13-11-18(12-14-19)24-22(26)16-7-9-17(10-8-16)23-21(25)15-28-20-5-3-2-4-6-20/h2-14H,15H2,1H3,(H,23,25)(H,24,26). The molecule has 0 bridgehead atoms. The number of hydrogen-bond acceptors (Lipinski definition) is 4. The molecule has 0 heterocycles. The maximum Gasteiger partial charge on any atom is 0.262 e. The molecule has 0 atom stereocenters. The summed E-state index contributed by atoms with van der Waals surface area (Å²) in [7, 11) is 1.59. The second-order valence-electron chi connectivity index (χ2n) is 5.91. The average Bonchev–Trinajstić information content (AvgIpc) is 2.74. The van der Waals surface area contributed by atoms with E-state index < -0.39 is 0 Å². The smallest absolute Gasteiger partial charge is 0.262 e. The first-order valence-electron chi connectivity index (χ1n) is 8.67. The van der Waals surface area contributed by atoms with Crippen LogP contribution in [0.25, 0.3) is 0 Å². The summed E-state index contributed by atoms with van der Waals surface area (Å²) < 4.78 is 10.5. The molecule has 0 saturated heterocycles. The van der Waals surface area contributed by atoms with E-state index in [0.717, 1.165) is 0 Å². The topological polar surface area (TPSA) is 76.7 Å². The highest BCUT2D eigenvalue weighted by Crippen LogP contribution is 2.17. The van der Waals surface area contributed by atoms with Crippen molar-refractivity contribution in [1.82, 2.24) is 0 Å². The largest absolute Gasteiger partial charge is 0.497 e. The van der Waals surface area contributed by atoms with Gasteiger partial charge < -0.3 is 20.1 Å². The number of methoxy groups -OCH3 is 1. The van der Waals surface area contributed by atoms with Gasteiger partial charge in [0, 0.05) is 16.9 Å². The lowest BCUT2D eigenvalue weighted by molar-refractivity contribution is -0.118. The maximum absolute atomic E-state index is 12.3. The molecule has 142 valence electrons. The number of nitrogens with one attached hydrogen (secondary N) is 2. The molecule has 0 aliphatic carbocycles. The van der Waals surface area contributed by atoms with Crippen LogP contribution in [0, 0.1) is 0 Å². The minimum Gasteiger partial charge on any atom is -0.497 e. The number of hydrogen-bond donors (Lipinski definition) is 2. The van der Waals surface area contributed by atoms with Gasteiger partial charge in [-0.15, -0.1) is 0 Å². The molecule has 0 spiro atoms. The summed E-state index contributed by atoms with van der Waals surface area (Å²) in [5, 5.41) is 5.54. The Morgan fingerprint density at radius 3 is 2.00 bits per heavy atom. The number of ether oxygens (including phenoxy) is 2. The Kier molecular flexibility index (Phi) is 6.25. The quantitative estimate of drug-likeness (QED) is 0.654. The highest BCUT2D eigenvalue weighted by molar-refractivity contribution is 6.04. The normalized spacial score (nSPS) is 10.0. The summed E-state index contributed by atoms with van der Waals surface area (Å²) in [6, 6.07) is 22.8. The van der Waals surface area contributed by atoms with Crippen LogP contribution in [-0.4, -0.2) is 25.5 Å². The van der Waals surface area contributed by atoms with Crippen molar-refractivity contribution in [2.75, 3.05) is 24.4 Å². The van der Waals surface area contributed by atoms with E-state index in [2.05, 4.69) is 10.6 Å². The fourth-order valence-electron chi connectivity index (χ4n) is 2.45. The zero-order chi connectivity index (χ0) is 19.8. The molecule has 0 aromatic heterocycles. The van der Waals surface area contributed by atoms with E-state index in [1.54, 1.807) is 67.8 Å². The van der Waals surface area contributed by atoms with Crippen LogP contribution < -0.4 is 20.1 Å². The van der Waals surface area contributed by atoms with E-state index in [0.29, 0.717) is 28.4 Å². The molecule has 0 fully saturated rings. The van der Waals surface area contributed by atoms with Gasteiger partial charge in [0.2, 0.25) is 0 Å². The van der Waals surface area contributed by atoms with Gasteiger partial charge in [0.1, 0.15) is 11.5 Å². The van der Waals surface area contributed by atoms with E-state index >= 15 is 0 Å². The number of amides is 2. The van der Waals surface area contributed by atoms with Crippen molar-refractivity contribution in [2.24, 2.45) is 0 Å². The van der Waals surface area contributed by atoms with E-state index in [9.17, 15) is 9.59 Å². The van der Waals surface area contributed by atoms with Crippen LogP contribution in [0.2, 0.25) is 0 Å². The molecule has 0 radical (unpaired) electrons. The second kappa shape index (κ2) is 9.23. The predicted molar refractivity (Wildman–Crippen MR) is 108 cm³/mol.